The summed E-state index contributed by atoms with van der Waals surface area (Å²) in [6.45, 7) is 4.98. The number of fused-ring (bicyclic) bond motifs is 2. The minimum Gasteiger partial charge on any atom is -0.290 e. The SMILES string of the molecule is C=CCN1C2CCCCC3(CC3)C21. The van der Waals surface area contributed by atoms with Crippen LogP contribution in [0.3, 0.4) is 0 Å². The molecule has 0 aromatic carbocycles. The van der Waals surface area contributed by atoms with Crippen molar-refractivity contribution in [3.8, 4) is 0 Å². The van der Waals surface area contributed by atoms with Gasteiger partial charge in [-0.2, -0.15) is 0 Å². The molecule has 3 rings (SSSR count). The fourth-order valence-electron chi connectivity index (χ4n) is 3.50. The fraction of sp³-hybridized carbons (Fsp3) is 0.833. The minimum atomic E-state index is 0.796. The van der Waals surface area contributed by atoms with E-state index >= 15 is 0 Å². The highest BCUT2D eigenvalue weighted by molar-refractivity contribution is 5.19. The van der Waals surface area contributed by atoms with Crippen LogP contribution in [0.5, 0.6) is 0 Å². The predicted molar refractivity (Wildman–Crippen MR) is 54.6 cm³/mol. The molecule has 1 heteroatoms. The first-order valence-electron chi connectivity index (χ1n) is 5.74. The Hall–Kier alpha value is -0.300. The molecular formula is C12H19N. The lowest BCUT2D eigenvalue weighted by atomic mass is 9.96. The Morgan fingerprint density at radius 1 is 1.31 bits per heavy atom. The Kier molecular flexibility index (Phi) is 1.61. The molecule has 0 radical (unpaired) electrons. The van der Waals surface area contributed by atoms with Crippen molar-refractivity contribution in [2.45, 2.75) is 50.6 Å². The Morgan fingerprint density at radius 3 is 2.85 bits per heavy atom. The first kappa shape index (κ1) is 8.05. The number of hydrogen-bond donors (Lipinski definition) is 0. The van der Waals surface area contributed by atoms with Gasteiger partial charge in [0.1, 0.15) is 0 Å². The predicted octanol–water partition coefficient (Wildman–Crippen LogP) is 2.58. The summed E-state index contributed by atoms with van der Waals surface area (Å²) in [6, 6.07) is 1.91. The molecule has 1 saturated heterocycles. The molecule has 1 spiro atoms. The first-order valence-corrected chi connectivity index (χ1v) is 5.74. The lowest BCUT2D eigenvalue weighted by Crippen LogP contribution is -2.14. The third-order valence-corrected chi connectivity index (χ3v) is 4.34. The molecule has 3 aliphatic rings. The number of rotatable bonds is 2. The summed E-state index contributed by atoms with van der Waals surface area (Å²) in [5.41, 5.74) is 0.796. The van der Waals surface area contributed by atoms with Crippen LogP contribution in [0.2, 0.25) is 0 Å². The maximum absolute atomic E-state index is 3.85. The van der Waals surface area contributed by atoms with E-state index in [-0.39, 0.29) is 0 Å². The van der Waals surface area contributed by atoms with Gasteiger partial charge < -0.3 is 0 Å². The van der Waals surface area contributed by atoms with Crippen molar-refractivity contribution in [3.63, 3.8) is 0 Å². The van der Waals surface area contributed by atoms with Gasteiger partial charge >= 0.3 is 0 Å². The Balaban J connectivity index is 1.75. The molecule has 0 N–H and O–H groups in total. The molecule has 1 heterocycles. The number of nitrogens with zero attached hydrogens (tertiary/aromatic N) is 1. The third kappa shape index (κ3) is 1.10. The highest BCUT2D eigenvalue weighted by atomic mass is 15.4. The summed E-state index contributed by atoms with van der Waals surface area (Å²) in [5, 5.41) is 0. The van der Waals surface area contributed by atoms with Gasteiger partial charge in [-0.05, 0) is 31.1 Å². The molecule has 3 atom stereocenters. The Labute approximate surface area is 80.8 Å². The van der Waals surface area contributed by atoms with E-state index < -0.39 is 0 Å². The maximum Gasteiger partial charge on any atom is 0.0315 e. The highest BCUT2D eigenvalue weighted by Gasteiger charge is 2.63. The van der Waals surface area contributed by atoms with Gasteiger partial charge in [0.25, 0.3) is 0 Å². The molecule has 1 aliphatic heterocycles. The second kappa shape index (κ2) is 2.60. The van der Waals surface area contributed by atoms with Crippen molar-refractivity contribution in [3.05, 3.63) is 12.7 Å². The molecule has 0 aromatic rings. The molecule has 3 unspecified atom stereocenters. The van der Waals surface area contributed by atoms with Crippen molar-refractivity contribution in [2.24, 2.45) is 5.41 Å². The number of hydrogen-bond acceptors (Lipinski definition) is 1. The van der Waals surface area contributed by atoms with Crippen molar-refractivity contribution in [2.75, 3.05) is 6.54 Å². The summed E-state index contributed by atoms with van der Waals surface area (Å²) < 4.78 is 0. The van der Waals surface area contributed by atoms with Crippen molar-refractivity contribution in [1.82, 2.24) is 4.90 Å². The molecule has 0 bridgehead atoms. The second-order valence-electron chi connectivity index (χ2n) is 5.11. The lowest BCUT2D eigenvalue weighted by Gasteiger charge is -2.13. The summed E-state index contributed by atoms with van der Waals surface area (Å²) in [6.07, 6.45) is 11.0. The first-order chi connectivity index (χ1) is 6.37. The van der Waals surface area contributed by atoms with Crippen LogP contribution in [-0.2, 0) is 0 Å². The van der Waals surface area contributed by atoms with Crippen LogP contribution in [0.25, 0.3) is 0 Å². The van der Waals surface area contributed by atoms with Gasteiger partial charge in [-0.1, -0.05) is 18.9 Å². The zero-order chi connectivity index (χ0) is 8.89. The standard InChI is InChI=1S/C12H19N/c1-2-9-13-10-5-3-4-6-12(7-8-12)11(10)13/h2,10-11H,1,3-9H2. The van der Waals surface area contributed by atoms with Crippen LogP contribution >= 0.6 is 0 Å². The van der Waals surface area contributed by atoms with Crippen LogP contribution in [0.4, 0.5) is 0 Å². The van der Waals surface area contributed by atoms with E-state index in [1.807, 2.05) is 0 Å². The van der Waals surface area contributed by atoms with E-state index in [0.29, 0.717) is 0 Å². The summed E-state index contributed by atoms with van der Waals surface area (Å²) in [4.78, 5) is 2.68. The van der Waals surface area contributed by atoms with Gasteiger partial charge in [-0.3, -0.25) is 4.90 Å². The fourth-order valence-corrected chi connectivity index (χ4v) is 3.50. The van der Waals surface area contributed by atoms with Gasteiger partial charge in [0.05, 0.1) is 0 Å². The van der Waals surface area contributed by atoms with Crippen LogP contribution < -0.4 is 0 Å². The normalized spacial score (nSPS) is 45.1. The topological polar surface area (TPSA) is 3.01 Å². The second-order valence-corrected chi connectivity index (χ2v) is 5.11. The zero-order valence-corrected chi connectivity index (χ0v) is 8.34. The molecule has 1 nitrogen and oxygen atoms in total. The maximum atomic E-state index is 3.85. The van der Waals surface area contributed by atoms with E-state index in [1.54, 1.807) is 0 Å². The van der Waals surface area contributed by atoms with Crippen LogP contribution in [0.1, 0.15) is 38.5 Å². The van der Waals surface area contributed by atoms with Crippen LogP contribution in [-0.4, -0.2) is 23.5 Å². The van der Waals surface area contributed by atoms with E-state index in [2.05, 4.69) is 17.6 Å². The lowest BCUT2D eigenvalue weighted by molar-refractivity contribution is 0.364. The summed E-state index contributed by atoms with van der Waals surface area (Å²) in [5.74, 6) is 0. The van der Waals surface area contributed by atoms with Gasteiger partial charge in [0.2, 0.25) is 0 Å². The van der Waals surface area contributed by atoms with Crippen LogP contribution in [0.15, 0.2) is 12.7 Å². The van der Waals surface area contributed by atoms with Crippen molar-refractivity contribution >= 4 is 0 Å². The van der Waals surface area contributed by atoms with Gasteiger partial charge in [-0.25, -0.2) is 0 Å². The van der Waals surface area contributed by atoms with E-state index in [9.17, 15) is 0 Å². The van der Waals surface area contributed by atoms with Crippen molar-refractivity contribution < 1.29 is 0 Å². The monoisotopic (exact) mass is 177 g/mol. The summed E-state index contributed by atoms with van der Waals surface area (Å²) >= 11 is 0. The molecule has 2 saturated carbocycles. The van der Waals surface area contributed by atoms with Gasteiger partial charge in [0.15, 0.2) is 0 Å². The zero-order valence-electron chi connectivity index (χ0n) is 8.34. The molecule has 72 valence electrons. The van der Waals surface area contributed by atoms with Crippen molar-refractivity contribution in [1.29, 1.82) is 0 Å². The largest absolute Gasteiger partial charge is 0.290 e. The molecule has 3 fully saturated rings. The number of likely N-dealkylation sites (tertiary alicyclic amines) is 1. The average molecular weight is 177 g/mol. The minimum absolute atomic E-state index is 0.796. The van der Waals surface area contributed by atoms with Gasteiger partial charge in [0, 0.05) is 18.6 Å². The van der Waals surface area contributed by atoms with Crippen LogP contribution in [0, 0.1) is 5.41 Å². The van der Waals surface area contributed by atoms with Gasteiger partial charge in [-0.15, -0.1) is 6.58 Å². The molecule has 0 aromatic heterocycles. The Bertz CT molecular complexity index is 229. The quantitative estimate of drug-likeness (QED) is 0.463. The van der Waals surface area contributed by atoms with E-state index in [4.69, 9.17) is 0 Å². The highest BCUT2D eigenvalue weighted by Crippen LogP contribution is 2.63. The molecule has 13 heavy (non-hydrogen) atoms. The average Bonchev–Trinajstić information content (AvgIpc) is 2.95. The smallest absolute Gasteiger partial charge is 0.0315 e. The van der Waals surface area contributed by atoms with E-state index in [1.165, 1.54) is 38.5 Å². The molecule has 2 aliphatic carbocycles. The third-order valence-electron chi connectivity index (χ3n) is 4.34. The molecule has 0 amide bonds. The van der Waals surface area contributed by atoms with E-state index in [0.717, 1.165) is 24.0 Å². The molecular weight excluding hydrogens is 158 g/mol. The summed E-state index contributed by atoms with van der Waals surface area (Å²) in [7, 11) is 0. The Morgan fingerprint density at radius 2 is 2.15 bits per heavy atom.